The van der Waals surface area contributed by atoms with Crippen molar-refractivity contribution in [2.75, 3.05) is 13.7 Å². The first-order chi connectivity index (χ1) is 8.19. The van der Waals surface area contributed by atoms with E-state index in [-0.39, 0.29) is 24.7 Å². The number of nitrogens with zero attached hydrogens (tertiary/aromatic N) is 4. The van der Waals surface area contributed by atoms with E-state index in [4.69, 9.17) is 9.26 Å². The minimum absolute atomic E-state index is 0.0462. The summed E-state index contributed by atoms with van der Waals surface area (Å²) in [6.07, 6.45) is 3.48. The average molecular weight is 236 g/mol. The molecule has 0 saturated heterocycles. The van der Waals surface area contributed by atoms with Crippen LogP contribution in [-0.2, 0) is 23.0 Å². The van der Waals surface area contributed by atoms with E-state index in [0.717, 1.165) is 5.56 Å². The number of Topliss-reactive ketones (excluding diaryl/α,β-unsaturated/α-hetero) is 1. The van der Waals surface area contributed by atoms with Crippen molar-refractivity contribution < 1.29 is 14.1 Å². The van der Waals surface area contributed by atoms with Crippen molar-refractivity contribution in [1.82, 2.24) is 19.9 Å². The molecule has 90 valence electrons. The van der Waals surface area contributed by atoms with Gasteiger partial charge in [0.2, 0.25) is 11.7 Å². The Morgan fingerprint density at radius 3 is 3.06 bits per heavy atom. The van der Waals surface area contributed by atoms with E-state index in [0.29, 0.717) is 5.82 Å². The number of hydrogen-bond donors (Lipinski definition) is 0. The minimum Gasteiger partial charge on any atom is -0.377 e. The molecule has 7 nitrogen and oxygen atoms in total. The summed E-state index contributed by atoms with van der Waals surface area (Å²) in [7, 11) is 3.26. The first-order valence-corrected chi connectivity index (χ1v) is 5.01. The van der Waals surface area contributed by atoms with Gasteiger partial charge in [-0.3, -0.25) is 9.48 Å². The van der Waals surface area contributed by atoms with E-state index in [1.54, 1.807) is 24.1 Å². The lowest BCUT2D eigenvalue weighted by atomic mass is 10.3. The second-order valence-electron chi connectivity index (χ2n) is 3.56. The predicted molar refractivity (Wildman–Crippen MR) is 57.1 cm³/mol. The standard InChI is InChI=1S/C10H12N4O3/c1-14-5-7(4-11-14)10-12-9(17-13-10)3-8(15)6-16-2/h4-5H,3,6H2,1-2H3. The molecule has 0 radical (unpaired) electrons. The maximum absolute atomic E-state index is 11.3. The zero-order valence-corrected chi connectivity index (χ0v) is 9.58. The monoisotopic (exact) mass is 236 g/mol. The molecule has 0 atom stereocenters. The lowest BCUT2D eigenvalue weighted by Gasteiger charge is -1.93. The van der Waals surface area contributed by atoms with Gasteiger partial charge < -0.3 is 9.26 Å². The Morgan fingerprint density at radius 2 is 2.41 bits per heavy atom. The van der Waals surface area contributed by atoms with Gasteiger partial charge in [0.05, 0.1) is 18.2 Å². The van der Waals surface area contributed by atoms with Gasteiger partial charge >= 0.3 is 0 Å². The van der Waals surface area contributed by atoms with E-state index in [2.05, 4.69) is 15.2 Å². The molecule has 2 aromatic rings. The van der Waals surface area contributed by atoms with Crippen LogP contribution >= 0.6 is 0 Å². The fourth-order valence-electron chi connectivity index (χ4n) is 1.36. The molecule has 0 spiro atoms. The SMILES string of the molecule is COCC(=O)Cc1nc(-c2cnn(C)c2)no1. The highest BCUT2D eigenvalue weighted by Gasteiger charge is 2.13. The molecule has 2 heterocycles. The molecule has 0 aliphatic rings. The summed E-state index contributed by atoms with van der Waals surface area (Å²) in [6.45, 7) is 0.0462. The van der Waals surface area contributed by atoms with Gasteiger partial charge in [0.15, 0.2) is 5.78 Å². The third-order valence-electron chi connectivity index (χ3n) is 2.08. The Hall–Kier alpha value is -2.02. The smallest absolute Gasteiger partial charge is 0.234 e. The van der Waals surface area contributed by atoms with E-state index in [1.165, 1.54) is 7.11 Å². The first-order valence-electron chi connectivity index (χ1n) is 5.01. The van der Waals surface area contributed by atoms with Crippen molar-refractivity contribution in [1.29, 1.82) is 0 Å². The van der Waals surface area contributed by atoms with Gasteiger partial charge in [0.25, 0.3) is 0 Å². The van der Waals surface area contributed by atoms with Crippen LogP contribution in [0.3, 0.4) is 0 Å². The minimum atomic E-state index is -0.103. The maximum atomic E-state index is 11.3. The van der Waals surface area contributed by atoms with Gasteiger partial charge in [-0.15, -0.1) is 0 Å². The molecule has 2 rings (SSSR count). The van der Waals surface area contributed by atoms with Gasteiger partial charge in [0, 0.05) is 20.4 Å². The first kappa shape index (κ1) is 11.5. The number of aromatic nitrogens is 4. The third-order valence-corrected chi connectivity index (χ3v) is 2.08. The van der Waals surface area contributed by atoms with Crippen LogP contribution in [0, 0.1) is 0 Å². The van der Waals surface area contributed by atoms with Crippen LogP contribution < -0.4 is 0 Å². The lowest BCUT2D eigenvalue weighted by Crippen LogP contribution is -2.09. The number of methoxy groups -OCH3 is 1. The highest BCUT2D eigenvalue weighted by atomic mass is 16.5. The van der Waals surface area contributed by atoms with Crippen molar-refractivity contribution >= 4 is 5.78 Å². The van der Waals surface area contributed by atoms with Crippen molar-refractivity contribution in [3.05, 3.63) is 18.3 Å². The normalized spacial score (nSPS) is 10.7. The highest BCUT2D eigenvalue weighted by molar-refractivity contribution is 5.81. The average Bonchev–Trinajstić information content (AvgIpc) is 2.87. The topological polar surface area (TPSA) is 83.0 Å². The maximum Gasteiger partial charge on any atom is 0.234 e. The number of ketones is 1. The van der Waals surface area contributed by atoms with Crippen LogP contribution in [0.4, 0.5) is 0 Å². The van der Waals surface area contributed by atoms with Crippen LogP contribution in [0.15, 0.2) is 16.9 Å². The number of rotatable bonds is 5. The van der Waals surface area contributed by atoms with E-state index in [9.17, 15) is 4.79 Å². The Morgan fingerprint density at radius 1 is 1.59 bits per heavy atom. The molecule has 0 unspecified atom stereocenters. The highest BCUT2D eigenvalue weighted by Crippen LogP contribution is 2.14. The summed E-state index contributed by atoms with van der Waals surface area (Å²) in [4.78, 5) is 15.4. The summed E-state index contributed by atoms with van der Waals surface area (Å²) < 4.78 is 11.3. The fraction of sp³-hybridized carbons (Fsp3) is 0.400. The summed E-state index contributed by atoms with van der Waals surface area (Å²) in [5.74, 6) is 0.609. The number of hydrogen-bond acceptors (Lipinski definition) is 6. The van der Waals surface area contributed by atoms with Crippen molar-refractivity contribution in [2.45, 2.75) is 6.42 Å². The molecule has 0 aliphatic carbocycles. The number of carbonyl (C=O) groups is 1. The van der Waals surface area contributed by atoms with Crippen molar-refractivity contribution in [3.8, 4) is 11.4 Å². The van der Waals surface area contributed by atoms with E-state index >= 15 is 0 Å². The summed E-state index contributed by atoms with van der Waals surface area (Å²) >= 11 is 0. The third kappa shape index (κ3) is 2.76. The van der Waals surface area contributed by atoms with Crippen LogP contribution in [-0.4, -0.2) is 39.4 Å². The molecule has 0 saturated carbocycles. The van der Waals surface area contributed by atoms with Gasteiger partial charge in [-0.05, 0) is 0 Å². The molecule has 17 heavy (non-hydrogen) atoms. The second-order valence-corrected chi connectivity index (χ2v) is 3.56. The van der Waals surface area contributed by atoms with Gasteiger partial charge in [-0.25, -0.2) is 0 Å². The molecule has 2 aromatic heterocycles. The molecule has 0 aromatic carbocycles. The lowest BCUT2D eigenvalue weighted by molar-refractivity contribution is -0.122. The Kier molecular flexibility index (Phi) is 3.29. The van der Waals surface area contributed by atoms with Gasteiger partial charge in [-0.1, -0.05) is 5.16 Å². The van der Waals surface area contributed by atoms with E-state index < -0.39 is 0 Å². The number of aryl methyl sites for hydroxylation is 1. The largest absolute Gasteiger partial charge is 0.377 e. The zero-order chi connectivity index (χ0) is 12.3. The predicted octanol–water partition coefficient (Wildman–Crippen LogP) is 0.228. The summed E-state index contributed by atoms with van der Waals surface area (Å²) in [5, 5.41) is 7.78. The second kappa shape index (κ2) is 4.88. The number of carbonyl (C=O) groups excluding carboxylic acids is 1. The molecule has 7 heteroatoms. The van der Waals surface area contributed by atoms with Gasteiger partial charge in [-0.2, -0.15) is 10.1 Å². The zero-order valence-electron chi connectivity index (χ0n) is 9.58. The molecular formula is C10H12N4O3. The van der Waals surface area contributed by atoms with Gasteiger partial charge in [0.1, 0.15) is 6.61 Å². The van der Waals surface area contributed by atoms with Crippen LogP contribution in [0.25, 0.3) is 11.4 Å². The van der Waals surface area contributed by atoms with Crippen LogP contribution in [0.5, 0.6) is 0 Å². The van der Waals surface area contributed by atoms with E-state index in [1.807, 2.05) is 0 Å². The van der Waals surface area contributed by atoms with Crippen LogP contribution in [0.1, 0.15) is 5.89 Å². The Labute approximate surface area is 97.4 Å². The Bertz CT molecular complexity index is 517. The summed E-state index contributed by atoms with van der Waals surface area (Å²) in [6, 6.07) is 0. The van der Waals surface area contributed by atoms with Crippen molar-refractivity contribution in [2.24, 2.45) is 7.05 Å². The molecule has 0 N–H and O–H groups in total. The van der Waals surface area contributed by atoms with Crippen LogP contribution in [0.2, 0.25) is 0 Å². The molecule has 0 amide bonds. The number of ether oxygens (including phenoxy) is 1. The summed E-state index contributed by atoms with van der Waals surface area (Å²) in [5.41, 5.74) is 0.752. The van der Waals surface area contributed by atoms with Crippen molar-refractivity contribution in [3.63, 3.8) is 0 Å². The fourth-order valence-corrected chi connectivity index (χ4v) is 1.36. The Balaban J connectivity index is 2.08. The molecule has 0 fully saturated rings. The molecule has 0 aliphatic heterocycles. The molecule has 0 bridgehead atoms. The quantitative estimate of drug-likeness (QED) is 0.738. The molecular weight excluding hydrogens is 224 g/mol.